The van der Waals surface area contributed by atoms with E-state index in [-0.39, 0.29) is 30.5 Å². The quantitative estimate of drug-likeness (QED) is 0.333. The fourth-order valence-electron chi connectivity index (χ4n) is 5.93. The van der Waals surface area contributed by atoms with E-state index in [9.17, 15) is 9.90 Å². The minimum atomic E-state index is -0.472. The van der Waals surface area contributed by atoms with Gasteiger partial charge < -0.3 is 30.2 Å². The minimum Gasteiger partial charge on any atom is -0.392 e. The maximum absolute atomic E-state index is 12.7. The van der Waals surface area contributed by atoms with Gasteiger partial charge in [0.2, 0.25) is 0 Å². The zero-order chi connectivity index (χ0) is 26.8. The van der Waals surface area contributed by atoms with Gasteiger partial charge in [0, 0.05) is 44.2 Å². The summed E-state index contributed by atoms with van der Waals surface area (Å²) < 4.78 is 14.9. The van der Waals surface area contributed by atoms with Crippen LogP contribution in [0.25, 0.3) is 11.0 Å². The van der Waals surface area contributed by atoms with Crippen molar-refractivity contribution in [3.05, 3.63) is 106 Å². The number of benzene rings is 3. The number of fused-ring (bicyclic) bond motifs is 1. The van der Waals surface area contributed by atoms with Gasteiger partial charge in [0.1, 0.15) is 0 Å². The monoisotopic (exact) mass is 528 g/mol. The number of aliphatic hydroxyl groups is 1. The molecule has 0 saturated carbocycles. The van der Waals surface area contributed by atoms with Crippen molar-refractivity contribution in [3.8, 4) is 0 Å². The number of nitrogens with zero attached hydrogens (tertiary/aromatic N) is 2. The summed E-state index contributed by atoms with van der Waals surface area (Å²) in [5.74, 6) is 0. The lowest BCUT2D eigenvalue weighted by molar-refractivity contribution is -0.253. The van der Waals surface area contributed by atoms with Gasteiger partial charge in [-0.25, -0.2) is 4.79 Å². The molecule has 3 atom stereocenters. The lowest BCUT2D eigenvalue weighted by atomic mass is 9.98. The third kappa shape index (κ3) is 5.57. The molecule has 8 heteroatoms. The van der Waals surface area contributed by atoms with E-state index in [4.69, 9.17) is 15.2 Å². The number of para-hydroxylation sites is 2. The SMILES string of the molecule is NCc1ccc(C2OC(CN3CCC(n4c(=O)[nH]c5ccccc54)CC3)CC(c3ccc(CO)cc3)O2)cc1. The van der Waals surface area contributed by atoms with Crippen LogP contribution in [-0.2, 0) is 22.6 Å². The Kier molecular flexibility index (Phi) is 7.63. The van der Waals surface area contributed by atoms with E-state index in [0.717, 1.165) is 72.2 Å². The summed E-state index contributed by atoms with van der Waals surface area (Å²) in [7, 11) is 0. The average Bonchev–Trinajstić information content (AvgIpc) is 3.33. The van der Waals surface area contributed by atoms with Crippen molar-refractivity contribution in [2.45, 2.75) is 57.0 Å². The number of aromatic nitrogens is 2. The third-order valence-electron chi connectivity index (χ3n) is 8.11. The topological polar surface area (TPSA) is 106 Å². The highest BCUT2D eigenvalue weighted by Crippen LogP contribution is 2.38. The molecule has 204 valence electrons. The number of H-pyrrole nitrogens is 1. The van der Waals surface area contributed by atoms with Crippen molar-refractivity contribution >= 4 is 11.0 Å². The standard InChI is InChI=1S/C31H36N4O4/c32-18-21-5-11-24(12-6-21)30-38-26(17-29(39-30)23-9-7-22(20-36)8-10-23)19-34-15-13-25(14-16-34)35-28-4-2-1-3-27(28)33-31(35)37/h1-12,25-26,29-30,36H,13-20,32H2,(H,33,37). The van der Waals surface area contributed by atoms with Crippen LogP contribution in [0.4, 0.5) is 0 Å². The summed E-state index contributed by atoms with van der Waals surface area (Å²) in [6.45, 7) is 3.14. The van der Waals surface area contributed by atoms with Crippen LogP contribution in [0.1, 0.15) is 60.0 Å². The maximum Gasteiger partial charge on any atom is 0.326 e. The van der Waals surface area contributed by atoms with Gasteiger partial charge in [0.05, 0.1) is 29.8 Å². The first kappa shape index (κ1) is 26.0. The van der Waals surface area contributed by atoms with Crippen LogP contribution in [0.2, 0.25) is 0 Å². The fraction of sp³-hybridized carbons (Fsp3) is 0.387. The molecule has 3 aromatic carbocycles. The number of nitrogens with two attached hydrogens (primary N) is 1. The lowest BCUT2D eigenvalue weighted by Gasteiger charge is -2.40. The Morgan fingerprint density at radius 1 is 0.897 bits per heavy atom. The summed E-state index contributed by atoms with van der Waals surface area (Å²) in [4.78, 5) is 18.1. The van der Waals surface area contributed by atoms with E-state index in [1.165, 1.54) is 0 Å². The number of hydrogen-bond acceptors (Lipinski definition) is 6. The van der Waals surface area contributed by atoms with Crippen LogP contribution < -0.4 is 11.4 Å². The lowest BCUT2D eigenvalue weighted by Crippen LogP contribution is -2.43. The van der Waals surface area contributed by atoms with Crippen molar-refractivity contribution in [2.75, 3.05) is 19.6 Å². The van der Waals surface area contributed by atoms with E-state index in [0.29, 0.717) is 6.54 Å². The van der Waals surface area contributed by atoms with E-state index in [1.807, 2.05) is 77.4 Å². The first-order chi connectivity index (χ1) is 19.1. The summed E-state index contributed by atoms with van der Waals surface area (Å²) in [5, 5.41) is 9.46. The van der Waals surface area contributed by atoms with Gasteiger partial charge in [-0.3, -0.25) is 4.57 Å². The van der Waals surface area contributed by atoms with E-state index < -0.39 is 6.29 Å². The Balaban J connectivity index is 1.16. The summed E-state index contributed by atoms with van der Waals surface area (Å²) in [6, 6.07) is 24.2. The zero-order valence-electron chi connectivity index (χ0n) is 22.0. The van der Waals surface area contributed by atoms with E-state index in [2.05, 4.69) is 9.88 Å². The van der Waals surface area contributed by atoms with Crippen LogP contribution in [0.15, 0.2) is 77.6 Å². The summed E-state index contributed by atoms with van der Waals surface area (Å²) in [6.07, 6.45) is 1.99. The van der Waals surface area contributed by atoms with E-state index >= 15 is 0 Å². The van der Waals surface area contributed by atoms with Crippen molar-refractivity contribution in [1.29, 1.82) is 0 Å². The number of aromatic amines is 1. The molecule has 39 heavy (non-hydrogen) atoms. The predicted molar refractivity (Wildman–Crippen MR) is 150 cm³/mol. The number of piperidine rings is 1. The third-order valence-corrected chi connectivity index (χ3v) is 8.11. The van der Waals surface area contributed by atoms with Crippen molar-refractivity contribution in [2.24, 2.45) is 5.73 Å². The number of likely N-dealkylation sites (tertiary alicyclic amines) is 1. The van der Waals surface area contributed by atoms with Gasteiger partial charge in [-0.15, -0.1) is 0 Å². The molecular formula is C31H36N4O4. The van der Waals surface area contributed by atoms with Crippen molar-refractivity contribution in [3.63, 3.8) is 0 Å². The molecule has 4 N–H and O–H groups in total. The molecule has 6 rings (SSSR count). The van der Waals surface area contributed by atoms with Gasteiger partial charge in [0.15, 0.2) is 6.29 Å². The molecule has 4 aromatic rings. The number of imidazole rings is 1. The van der Waals surface area contributed by atoms with Gasteiger partial charge >= 0.3 is 5.69 Å². The smallest absolute Gasteiger partial charge is 0.326 e. The van der Waals surface area contributed by atoms with Crippen molar-refractivity contribution in [1.82, 2.24) is 14.5 Å². The molecule has 0 bridgehead atoms. The number of hydrogen-bond donors (Lipinski definition) is 3. The second-order valence-corrected chi connectivity index (χ2v) is 10.6. The molecule has 3 heterocycles. The molecule has 0 radical (unpaired) electrons. The molecule has 2 aliphatic rings. The Bertz CT molecular complexity index is 1380. The second-order valence-electron chi connectivity index (χ2n) is 10.6. The first-order valence-corrected chi connectivity index (χ1v) is 13.8. The van der Waals surface area contributed by atoms with Crippen molar-refractivity contribution < 1.29 is 14.6 Å². The molecular weight excluding hydrogens is 492 g/mol. The highest BCUT2D eigenvalue weighted by molar-refractivity contribution is 5.75. The molecule has 0 aliphatic carbocycles. The number of aliphatic hydroxyl groups excluding tert-OH is 1. The highest BCUT2D eigenvalue weighted by Gasteiger charge is 2.34. The molecule has 1 aromatic heterocycles. The molecule has 0 amide bonds. The van der Waals surface area contributed by atoms with Crippen LogP contribution >= 0.6 is 0 Å². The zero-order valence-corrected chi connectivity index (χ0v) is 22.0. The molecule has 2 saturated heterocycles. The fourth-order valence-corrected chi connectivity index (χ4v) is 5.93. The number of nitrogens with one attached hydrogen (secondary N) is 1. The van der Waals surface area contributed by atoms with E-state index in [1.54, 1.807) is 0 Å². The van der Waals surface area contributed by atoms with Crippen LogP contribution in [0, 0.1) is 0 Å². The van der Waals surface area contributed by atoms with Gasteiger partial charge in [-0.05, 0) is 41.7 Å². The molecule has 3 unspecified atom stereocenters. The van der Waals surface area contributed by atoms with Crippen LogP contribution in [-0.4, -0.2) is 45.3 Å². The molecule has 2 fully saturated rings. The summed E-state index contributed by atoms with van der Waals surface area (Å²) >= 11 is 0. The van der Waals surface area contributed by atoms with Gasteiger partial charge in [-0.1, -0.05) is 60.7 Å². The van der Waals surface area contributed by atoms with Crippen LogP contribution in [0.3, 0.4) is 0 Å². The Hall–Kier alpha value is -3.27. The van der Waals surface area contributed by atoms with Crippen LogP contribution in [0.5, 0.6) is 0 Å². The largest absolute Gasteiger partial charge is 0.392 e. The first-order valence-electron chi connectivity index (χ1n) is 13.8. The predicted octanol–water partition coefficient (Wildman–Crippen LogP) is 4.16. The average molecular weight is 529 g/mol. The Morgan fingerprint density at radius 3 is 2.31 bits per heavy atom. The number of rotatable bonds is 7. The Labute approximate surface area is 228 Å². The highest BCUT2D eigenvalue weighted by atomic mass is 16.7. The minimum absolute atomic E-state index is 0.00665. The maximum atomic E-state index is 12.7. The normalized spacial score (nSPS) is 22.9. The number of ether oxygens (including phenoxy) is 2. The molecule has 8 nitrogen and oxygen atoms in total. The second kappa shape index (κ2) is 11.5. The van der Waals surface area contributed by atoms with Gasteiger partial charge in [-0.2, -0.15) is 0 Å². The Morgan fingerprint density at radius 2 is 1.59 bits per heavy atom. The molecule has 2 aliphatic heterocycles. The molecule has 0 spiro atoms. The summed E-state index contributed by atoms with van der Waals surface area (Å²) in [5.41, 5.74) is 11.7. The van der Waals surface area contributed by atoms with Gasteiger partial charge in [0.25, 0.3) is 0 Å².